The van der Waals surface area contributed by atoms with Crippen molar-refractivity contribution in [3.63, 3.8) is 0 Å². The maximum atomic E-state index is 13.3. The standard InChI is InChI=1S/C17H20F2N4O2/c1-25-11-2-3-12-14(8-11)23(17(18)19)21-15(12)16(24)20-13-9-22-6-4-10(13)5-7-22/h2-3,8,10,13,17H,4-7,9H2,1H3,(H,20,24). The van der Waals surface area contributed by atoms with E-state index in [9.17, 15) is 13.6 Å². The third-order valence-corrected chi connectivity index (χ3v) is 5.29. The molecule has 4 heterocycles. The number of methoxy groups -OCH3 is 1. The maximum Gasteiger partial charge on any atom is 0.333 e. The Hall–Kier alpha value is -2.22. The van der Waals surface area contributed by atoms with Crippen LogP contribution in [0.5, 0.6) is 5.75 Å². The minimum Gasteiger partial charge on any atom is -0.497 e. The van der Waals surface area contributed by atoms with Gasteiger partial charge in [0.2, 0.25) is 0 Å². The van der Waals surface area contributed by atoms with Gasteiger partial charge in [0.05, 0.1) is 12.6 Å². The lowest BCUT2D eigenvalue weighted by molar-refractivity contribution is 0.0578. The summed E-state index contributed by atoms with van der Waals surface area (Å²) in [6.07, 6.45) is 2.13. The van der Waals surface area contributed by atoms with E-state index < -0.39 is 12.5 Å². The number of benzene rings is 1. The number of rotatable bonds is 4. The summed E-state index contributed by atoms with van der Waals surface area (Å²) in [4.78, 5) is 15.0. The van der Waals surface area contributed by atoms with Crippen molar-refractivity contribution >= 4 is 16.8 Å². The smallest absolute Gasteiger partial charge is 0.333 e. The Labute approximate surface area is 143 Å². The van der Waals surface area contributed by atoms with Crippen LogP contribution in [0.25, 0.3) is 10.9 Å². The summed E-state index contributed by atoms with van der Waals surface area (Å²) < 4.78 is 32.3. The summed E-state index contributed by atoms with van der Waals surface area (Å²) in [6, 6.07) is 4.77. The summed E-state index contributed by atoms with van der Waals surface area (Å²) in [5, 5.41) is 7.29. The Balaban J connectivity index is 1.65. The second-order valence-electron chi connectivity index (χ2n) is 6.67. The number of nitrogens with zero attached hydrogens (tertiary/aromatic N) is 3. The summed E-state index contributed by atoms with van der Waals surface area (Å²) in [7, 11) is 1.46. The van der Waals surface area contributed by atoms with Crippen LogP contribution in [0.15, 0.2) is 18.2 Å². The summed E-state index contributed by atoms with van der Waals surface area (Å²) >= 11 is 0. The van der Waals surface area contributed by atoms with Gasteiger partial charge in [0.1, 0.15) is 5.75 Å². The second kappa shape index (κ2) is 6.25. The second-order valence-corrected chi connectivity index (χ2v) is 6.67. The molecule has 0 saturated carbocycles. The normalized spacial score (nSPS) is 25.5. The summed E-state index contributed by atoms with van der Waals surface area (Å²) in [6.45, 7) is 0.130. The molecule has 1 aromatic heterocycles. The Morgan fingerprint density at radius 2 is 2.12 bits per heavy atom. The number of amides is 1. The molecular formula is C17H20F2N4O2. The SMILES string of the molecule is COc1ccc2c(C(=O)NC3CN4CCC3CC4)nn(C(F)F)c2c1. The fourth-order valence-corrected chi connectivity index (χ4v) is 3.93. The Morgan fingerprint density at radius 1 is 1.36 bits per heavy atom. The van der Waals surface area contributed by atoms with Crippen LogP contribution in [0, 0.1) is 5.92 Å². The van der Waals surface area contributed by atoms with Crippen molar-refractivity contribution in [2.45, 2.75) is 25.4 Å². The minimum absolute atomic E-state index is 0.0365. The molecule has 2 bridgehead atoms. The van der Waals surface area contributed by atoms with E-state index in [-0.39, 0.29) is 17.3 Å². The predicted molar refractivity (Wildman–Crippen MR) is 88.0 cm³/mol. The van der Waals surface area contributed by atoms with Crippen LogP contribution < -0.4 is 10.1 Å². The van der Waals surface area contributed by atoms with E-state index in [1.165, 1.54) is 13.2 Å². The predicted octanol–water partition coefficient (Wildman–Crippen LogP) is 2.26. The summed E-state index contributed by atoms with van der Waals surface area (Å²) in [5.74, 6) is 0.504. The lowest BCUT2D eigenvalue weighted by Gasteiger charge is -2.44. The molecule has 3 fully saturated rings. The molecule has 5 rings (SSSR count). The molecule has 0 aliphatic carbocycles. The highest BCUT2D eigenvalue weighted by Gasteiger charge is 2.35. The van der Waals surface area contributed by atoms with E-state index in [4.69, 9.17) is 4.74 Å². The average Bonchev–Trinajstić information content (AvgIpc) is 3.01. The molecule has 1 unspecified atom stereocenters. The van der Waals surface area contributed by atoms with Gasteiger partial charge in [-0.25, -0.2) is 4.68 Å². The average molecular weight is 350 g/mol. The van der Waals surface area contributed by atoms with Crippen LogP contribution in [0.2, 0.25) is 0 Å². The van der Waals surface area contributed by atoms with Gasteiger partial charge in [-0.3, -0.25) is 4.79 Å². The van der Waals surface area contributed by atoms with Crippen molar-refractivity contribution in [2.75, 3.05) is 26.7 Å². The van der Waals surface area contributed by atoms with Crippen molar-refractivity contribution in [1.82, 2.24) is 20.0 Å². The molecule has 1 atom stereocenters. The summed E-state index contributed by atoms with van der Waals surface area (Å²) in [5.41, 5.74) is 0.225. The molecule has 6 nitrogen and oxygen atoms in total. The van der Waals surface area contributed by atoms with Crippen molar-refractivity contribution in [3.05, 3.63) is 23.9 Å². The number of halogens is 2. The van der Waals surface area contributed by atoms with Gasteiger partial charge in [-0.05, 0) is 44.0 Å². The van der Waals surface area contributed by atoms with E-state index in [0.717, 1.165) is 32.5 Å². The number of ether oxygens (including phenoxy) is 1. The van der Waals surface area contributed by atoms with E-state index in [1.807, 2.05) is 0 Å². The van der Waals surface area contributed by atoms with Gasteiger partial charge >= 0.3 is 6.55 Å². The van der Waals surface area contributed by atoms with Crippen LogP contribution >= 0.6 is 0 Å². The molecule has 8 heteroatoms. The Morgan fingerprint density at radius 3 is 2.72 bits per heavy atom. The lowest BCUT2D eigenvalue weighted by Crippen LogP contribution is -2.57. The van der Waals surface area contributed by atoms with Crippen LogP contribution in [-0.2, 0) is 0 Å². The fourth-order valence-electron chi connectivity index (χ4n) is 3.93. The van der Waals surface area contributed by atoms with Gasteiger partial charge < -0.3 is 15.0 Å². The molecule has 3 aliphatic heterocycles. The number of piperidine rings is 3. The van der Waals surface area contributed by atoms with E-state index in [1.54, 1.807) is 12.1 Å². The topological polar surface area (TPSA) is 59.4 Å². The molecule has 3 aliphatic rings. The first-order valence-corrected chi connectivity index (χ1v) is 8.44. The fraction of sp³-hybridized carbons (Fsp3) is 0.529. The number of carbonyl (C=O) groups is 1. The molecule has 1 amide bonds. The maximum absolute atomic E-state index is 13.3. The van der Waals surface area contributed by atoms with E-state index in [0.29, 0.717) is 21.7 Å². The largest absolute Gasteiger partial charge is 0.497 e. The molecule has 134 valence electrons. The number of fused-ring (bicyclic) bond motifs is 4. The zero-order chi connectivity index (χ0) is 17.6. The molecule has 0 radical (unpaired) electrons. The molecule has 0 spiro atoms. The van der Waals surface area contributed by atoms with E-state index >= 15 is 0 Å². The molecule has 1 aromatic carbocycles. The number of hydrogen-bond donors (Lipinski definition) is 1. The van der Waals surface area contributed by atoms with Crippen LogP contribution in [-0.4, -0.2) is 53.4 Å². The highest BCUT2D eigenvalue weighted by atomic mass is 19.3. The zero-order valence-electron chi connectivity index (χ0n) is 13.9. The molecular weight excluding hydrogens is 330 g/mol. The van der Waals surface area contributed by atoms with E-state index in [2.05, 4.69) is 15.3 Å². The first-order valence-electron chi connectivity index (χ1n) is 8.44. The number of aromatic nitrogens is 2. The molecule has 25 heavy (non-hydrogen) atoms. The number of nitrogens with one attached hydrogen (secondary N) is 1. The van der Waals surface area contributed by atoms with Gasteiger partial charge in [0, 0.05) is 24.0 Å². The first-order chi connectivity index (χ1) is 12.1. The van der Waals surface area contributed by atoms with Crippen LogP contribution in [0.4, 0.5) is 8.78 Å². The number of alkyl halides is 2. The van der Waals surface area contributed by atoms with Gasteiger partial charge in [0.15, 0.2) is 5.69 Å². The van der Waals surface area contributed by atoms with Gasteiger partial charge in [-0.15, -0.1) is 0 Å². The van der Waals surface area contributed by atoms with Crippen molar-refractivity contribution in [1.29, 1.82) is 0 Å². The third kappa shape index (κ3) is 2.84. The minimum atomic E-state index is -2.83. The first kappa shape index (κ1) is 16.3. The quantitative estimate of drug-likeness (QED) is 0.919. The van der Waals surface area contributed by atoms with Gasteiger partial charge in [-0.1, -0.05) is 0 Å². The Kier molecular flexibility index (Phi) is 4.07. The highest BCUT2D eigenvalue weighted by Crippen LogP contribution is 2.30. The van der Waals surface area contributed by atoms with Gasteiger partial charge in [-0.2, -0.15) is 13.9 Å². The third-order valence-electron chi connectivity index (χ3n) is 5.29. The van der Waals surface area contributed by atoms with Crippen LogP contribution in [0.3, 0.4) is 0 Å². The molecule has 3 saturated heterocycles. The monoisotopic (exact) mass is 350 g/mol. The van der Waals surface area contributed by atoms with Gasteiger partial charge in [0.25, 0.3) is 5.91 Å². The number of hydrogen-bond acceptors (Lipinski definition) is 4. The van der Waals surface area contributed by atoms with Crippen molar-refractivity contribution in [3.8, 4) is 5.75 Å². The molecule has 1 N–H and O–H groups in total. The van der Waals surface area contributed by atoms with Crippen molar-refractivity contribution in [2.24, 2.45) is 5.92 Å². The van der Waals surface area contributed by atoms with Crippen molar-refractivity contribution < 1.29 is 18.3 Å². The lowest BCUT2D eigenvalue weighted by atomic mass is 9.84. The van der Waals surface area contributed by atoms with Crippen LogP contribution in [0.1, 0.15) is 29.9 Å². The Bertz CT molecular complexity index is 799. The number of carbonyl (C=O) groups excluding carboxylic acids is 1. The highest BCUT2D eigenvalue weighted by molar-refractivity contribution is 6.05. The zero-order valence-corrected chi connectivity index (χ0v) is 13.9. The molecule has 2 aromatic rings.